The van der Waals surface area contributed by atoms with E-state index in [0.717, 1.165) is 22.3 Å². The van der Waals surface area contributed by atoms with Gasteiger partial charge in [0, 0.05) is 74.0 Å². The van der Waals surface area contributed by atoms with Gasteiger partial charge >= 0.3 is 47.8 Å². The fourth-order valence-corrected chi connectivity index (χ4v) is 11.9. The molecule has 5 heterocycles. The lowest BCUT2D eigenvalue weighted by molar-refractivity contribution is -0.143. The molecule has 0 aromatic carbocycles. The number of ether oxygens (including phenoxy) is 8. The molecule has 5 aliphatic heterocycles. The van der Waals surface area contributed by atoms with E-state index in [1.54, 1.807) is 0 Å². The molecule has 0 amide bonds. The van der Waals surface area contributed by atoms with E-state index in [4.69, 9.17) is 37.9 Å². The highest BCUT2D eigenvalue weighted by atomic mass is 16.5. The quantitative estimate of drug-likeness (QED) is 0.0773. The Bertz CT molecular complexity index is 1790. The molecule has 0 saturated carbocycles. The van der Waals surface area contributed by atoms with Gasteiger partial charge in [-0.1, -0.05) is 11.1 Å². The number of hydrogen-bond donors (Lipinski definition) is 4. The van der Waals surface area contributed by atoms with Gasteiger partial charge in [-0.15, -0.1) is 0 Å². The molecule has 380 valence electrons. The lowest BCUT2D eigenvalue weighted by Gasteiger charge is -2.29. The monoisotopic (exact) mass is 960 g/mol. The summed E-state index contributed by atoms with van der Waals surface area (Å²) in [4.78, 5) is 104. The van der Waals surface area contributed by atoms with Crippen LogP contribution in [0.5, 0.6) is 0 Å². The summed E-state index contributed by atoms with van der Waals surface area (Å²) in [6, 6.07) is -3.13. The second-order valence-electron chi connectivity index (χ2n) is 18.5. The molecule has 68 heavy (non-hydrogen) atoms. The second-order valence-corrected chi connectivity index (χ2v) is 18.5. The zero-order valence-electron chi connectivity index (χ0n) is 40.8. The van der Waals surface area contributed by atoms with E-state index in [-0.39, 0.29) is 112 Å². The van der Waals surface area contributed by atoms with Crippen LogP contribution in [-0.4, -0.2) is 153 Å². The third-order valence-electron chi connectivity index (χ3n) is 15.2. The average Bonchev–Trinajstić information content (AvgIpc) is 4.04. The van der Waals surface area contributed by atoms with Gasteiger partial charge in [-0.3, -0.25) is 38.4 Å². The third kappa shape index (κ3) is 13.7. The summed E-state index contributed by atoms with van der Waals surface area (Å²) in [5.74, 6) is -4.77. The van der Waals surface area contributed by atoms with E-state index in [0.29, 0.717) is 38.5 Å². The number of methoxy groups -OCH3 is 8. The molecule has 3 fully saturated rings. The van der Waals surface area contributed by atoms with Crippen molar-refractivity contribution < 1.29 is 76.3 Å². The first kappa shape index (κ1) is 54.0. The molecule has 5 aliphatic rings. The highest BCUT2D eigenvalue weighted by molar-refractivity contribution is 5.75. The Labute approximate surface area is 398 Å². The molecule has 5 rings (SSSR count). The van der Waals surface area contributed by atoms with Crippen molar-refractivity contribution in [2.24, 2.45) is 23.7 Å². The van der Waals surface area contributed by atoms with Crippen LogP contribution in [0.4, 0.5) is 0 Å². The lowest BCUT2D eigenvalue weighted by atomic mass is 9.77. The van der Waals surface area contributed by atoms with Crippen LogP contribution in [0.2, 0.25) is 0 Å². The molecule has 0 radical (unpaired) electrons. The van der Waals surface area contributed by atoms with E-state index in [1.807, 2.05) is 0 Å². The molecule has 20 nitrogen and oxygen atoms in total. The normalized spacial score (nSPS) is 29.8. The van der Waals surface area contributed by atoms with Crippen molar-refractivity contribution in [2.75, 3.05) is 56.9 Å². The molecule has 12 unspecified atom stereocenters. The smallest absolute Gasteiger partial charge is 0.309 e. The Morgan fingerprint density at radius 3 is 0.941 bits per heavy atom. The molecule has 0 aliphatic carbocycles. The van der Waals surface area contributed by atoms with Crippen molar-refractivity contribution in [2.45, 2.75) is 151 Å². The van der Waals surface area contributed by atoms with Crippen LogP contribution in [0.3, 0.4) is 0 Å². The SMILES string of the molecule is COC(=O)CCC1=C(CC(=O)OC)C2CC3NC(CC4NC(CC5NC(CC1N2)C(CC(=O)OC)C5CCC(=O)OC)C(CC(=O)OC)=C4CCC(=O)OC)C(CC(=O)OC)C3CCC(=O)OC. The molecule has 0 aromatic heterocycles. The van der Waals surface area contributed by atoms with Crippen molar-refractivity contribution in [3.8, 4) is 0 Å². The van der Waals surface area contributed by atoms with Gasteiger partial charge < -0.3 is 59.2 Å². The molecule has 0 aromatic rings. The maximum Gasteiger partial charge on any atom is 0.309 e. The number of carbonyl (C=O) groups excluding carboxylic acids is 8. The molecule has 8 bridgehead atoms. The van der Waals surface area contributed by atoms with Crippen molar-refractivity contribution in [3.63, 3.8) is 0 Å². The van der Waals surface area contributed by atoms with Gasteiger partial charge in [0.05, 0.1) is 82.6 Å². The van der Waals surface area contributed by atoms with Crippen LogP contribution in [-0.2, 0) is 76.3 Å². The number of carbonyl (C=O) groups is 8. The summed E-state index contributed by atoms with van der Waals surface area (Å²) in [7, 11) is 10.6. The fourth-order valence-electron chi connectivity index (χ4n) is 11.9. The fraction of sp³-hybridized carbons (Fsp3) is 0.750. The van der Waals surface area contributed by atoms with Crippen molar-refractivity contribution in [3.05, 3.63) is 22.3 Å². The maximum absolute atomic E-state index is 13.3. The average molecular weight is 961 g/mol. The summed E-state index contributed by atoms with van der Waals surface area (Å²) in [5.41, 5.74) is 3.21. The molecular weight excluding hydrogens is 889 g/mol. The Hall–Kier alpha value is -4.92. The highest BCUT2D eigenvalue weighted by Crippen LogP contribution is 2.46. The van der Waals surface area contributed by atoms with Gasteiger partial charge in [0.25, 0.3) is 0 Å². The zero-order chi connectivity index (χ0) is 49.7. The van der Waals surface area contributed by atoms with Crippen LogP contribution in [0.25, 0.3) is 0 Å². The van der Waals surface area contributed by atoms with E-state index in [2.05, 4.69) is 21.3 Å². The number of nitrogens with one attached hydrogen (secondary N) is 4. The lowest BCUT2D eigenvalue weighted by Crippen LogP contribution is -2.46. The molecule has 20 heteroatoms. The first-order chi connectivity index (χ1) is 32.6. The summed E-state index contributed by atoms with van der Waals surface area (Å²) in [6.07, 6.45) is 2.96. The van der Waals surface area contributed by atoms with Crippen molar-refractivity contribution in [1.82, 2.24) is 21.3 Å². The minimum absolute atomic E-state index is 0.0238. The largest absolute Gasteiger partial charge is 0.469 e. The van der Waals surface area contributed by atoms with Crippen LogP contribution >= 0.6 is 0 Å². The maximum atomic E-state index is 13.3. The zero-order valence-corrected chi connectivity index (χ0v) is 40.8. The van der Waals surface area contributed by atoms with E-state index < -0.39 is 71.9 Å². The van der Waals surface area contributed by atoms with Crippen LogP contribution in [0.15, 0.2) is 22.3 Å². The molecule has 3 saturated heterocycles. The van der Waals surface area contributed by atoms with Crippen molar-refractivity contribution >= 4 is 47.8 Å². The van der Waals surface area contributed by atoms with E-state index >= 15 is 0 Å². The Morgan fingerprint density at radius 2 is 0.632 bits per heavy atom. The van der Waals surface area contributed by atoms with Crippen LogP contribution in [0, 0.1) is 23.7 Å². The highest BCUT2D eigenvalue weighted by Gasteiger charge is 2.51. The topological polar surface area (TPSA) is 259 Å². The summed E-state index contributed by atoms with van der Waals surface area (Å²) >= 11 is 0. The van der Waals surface area contributed by atoms with Crippen LogP contribution in [0.1, 0.15) is 103 Å². The summed E-state index contributed by atoms with van der Waals surface area (Å²) in [5, 5.41) is 15.4. The second kappa shape index (κ2) is 25.6. The van der Waals surface area contributed by atoms with Gasteiger partial charge in [-0.2, -0.15) is 0 Å². The van der Waals surface area contributed by atoms with Gasteiger partial charge in [-0.25, -0.2) is 0 Å². The van der Waals surface area contributed by atoms with Crippen molar-refractivity contribution in [1.29, 1.82) is 0 Å². The number of fused-ring (bicyclic) bond motifs is 8. The minimum atomic E-state index is -0.474. The van der Waals surface area contributed by atoms with Gasteiger partial charge in [0.2, 0.25) is 0 Å². The van der Waals surface area contributed by atoms with E-state index in [9.17, 15) is 38.4 Å². The summed E-state index contributed by atoms with van der Waals surface area (Å²) < 4.78 is 41.3. The van der Waals surface area contributed by atoms with Gasteiger partial charge in [0.1, 0.15) is 0 Å². The molecular formula is C48H72N4O16. The Balaban J connectivity index is 1.73. The predicted octanol–water partition coefficient (Wildman–Crippen LogP) is 2.05. The summed E-state index contributed by atoms with van der Waals surface area (Å²) in [6.45, 7) is 0. The first-order valence-electron chi connectivity index (χ1n) is 23.6. The van der Waals surface area contributed by atoms with Gasteiger partial charge in [0.15, 0.2) is 0 Å². The number of hydrogen-bond acceptors (Lipinski definition) is 20. The molecule has 0 spiro atoms. The van der Waals surface area contributed by atoms with E-state index in [1.165, 1.54) is 56.9 Å². The Morgan fingerprint density at radius 1 is 0.353 bits per heavy atom. The standard InChI is InChI=1S/C48H72N4O16/c1-61-41(53)13-9-25-29(17-45(57)65-5)37-22-34-27(11-15-43(55)63-3)31(19-47(59)67-7)39(51-34)24-36-28(12-16-44(56)64-4)32(20-48(60)68-8)40(52-36)23-35-26(10-14-42(54)62-2)30(18-46(58)66-6)38(50-35)21-33(25)49-37/h25,28-29,32-40,49-52H,9-24H2,1-8H3. The van der Waals surface area contributed by atoms with Gasteiger partial charge in [-0.05, 0) is 86.2 Å². The molecule has 4 N–H and O–H groups in total. The first-order valence-corrected chi connectivity index (χ1v) is 23.6. The molecule has 12 atom stereocenters. The van der Waals surface area contributed by atoms with Crippen LogP contribution < -0.4 is 21.3 Å². The predicted molar refractivity (Wildman–Crippen MR) is 241 cm³/mol. The third-order valence-corrected chi connectivity index (χ3v) is 15.2. The number of rotatable bonds is 20. The Kier molecular flexibility index (Phi) is 20.4. The minimum Gasteiger partial charge on any atom is -0.469 e. The number of esters is 8.